The van der Waals surface area contributed by atoms with Crippen LogP contribution in [0.1, 0.15) is 6.42 Å². The lowest BCUT2D eigenvalue weighted by atomic mass is 10.2. The van der Waals surface area contributed by atoms with E-state index in [0.717, 1.165) is 5.33 Å². The molecule has 0 saturated carbocycles. The second-order valence-electron chi connectivity index (χ2n) is 3.66. The maximum Gasteiger partial charge on any atom is 0.233 e. The normalized spacial score (nSPS) is 20.2. The van der Waals surface area contributed by atoms with Gasteiger partial charge in [-0.25, -0.2) is 0 Å². The predicted octanol–water partition coefficient (Wildman–Crippen LogP) is 1.23. The quantitative estimate of drug-likeness (QED) is 0.784. The SMILES string of the molecule is COc1ccc(N2CC(CBr)CC2=O)nn1. The Bertz CT molecular complexity index is 382. The van der Waals surface area contributed by atoms with Gasteiger partial charge in [-0.2, -0.15) is 0 Å². The number of rotatable bonds is 3. The number of hydrogen-bond donors (Lipinski definition) is 0. The third-order valence-electron chi connectivity index (χ3n) is 2.54. The number of ether oxygens (including phenoxy) is 1. The number of hydrogen-bond acceptors (Lipinski definition) is 4. The summed E-state index contributed by atoms with van der Waals surface area (Å²) in [6, 6.07) is 3.46. The van der Waals surface area contributed by atoms with Gasteiger partial charge in [0, 0.05) is 24.4 Å². The van der Waals surface area contributed by atoms with Crippen LogP contribution in [0.2, 0.25) is 0 Å². The molecule has 86 valence electrons. The Kier molecular flexibility index (Phi) is 3.38. The molecule has 1 aromatic heterocycles. The van der Waals surface area contributed by atoms with Gasteiger partial charge in [0.1, 0.15) is 0 Å². The third-order valence-corrected chi connectivity index (χ3v) is 3.45. The summed E-state index contributed by atoms with van der Waals surface area (Å²) >= 11 is 3.39. The minimum Gasteiger partial charge on any atom is -0.480 e. The molecule has 0 radical (unpaired) electrons. The second-order valence-corrected chi connectivity index (χ2v) is 4.31. The van der Waals surface area contributed by atoms with Crippen LogP contribution in [0.4, 0.5) is 5.82 Å². The van der Waals surface area contributed by atoms with Crippen molar-refractivity contribution in [3.63, 3.8) is 0 Å². The van der Waals surface area contributed by atoms with Crippen molar-refractivity contribution in [2.24, 2.45) is 5.92 Å². The topological polar surface area (TPSA) is 55.3 Å². The number of carbonyl (C=O) groups excluding carboxylic acids is 1. The smallest absolute Gasteiger partial charge is 0.233 e. The first-order valence-corrected chi connectivity index (χ1v) is 6.10. The molecule has 0 aromatic carbocycles. The Hall–Kier alpha value is -1.17. The molecule has 0 aliphatic carbocycles. The van der Waals surface area contributed by atoms with Gasteiger partial charge < -0.3 is 4.74 Å². The molecule has 6 heteroatoms. The monoisotopic (exact) mass is 285 g/mol. The van der Waals surface area contributed by atoms with E-state index in [4.69, 9.17) is 4.74 Å². The van der Waals surface area contributed by atoms with Crippen LogP contribution in [0.25, 0.3) is 0 Å². The number of halogens is 1. The van der Waals surface area contributed by atoms with Crippen LogP contribution in [-0.4, -0.2) is 35.1 Å². The van der Waals surface area contributed by atoms with Gasteiger partial charge in [-0.1, -0.05) is 15.9 Å². The van der Waals surface area contributed by atoms with Crippen molar-refractivity contribution in [3.8, 4) is 5.88 Å². The van der Waals surface area contributed by atoms with E-state index in [2.05, 4.69) is 26.1 Å². The fourth-order valence-electron chi connectivity index (χ4n) is 1.67. The molecule has 1 saturated heterocycles. The van der Waals surface area contributed by atoms with Gasteiger partial charge in [0.25, 0.3) is 0 Å². The molecule has 5 nitrogen and oxygen atoms in total. The molecule has 1 aromatic rings. The van der Waals surface area contributed by atoms with Crippen molar-refractivity contribution in [2.45, 2.75) is 6.42 Å². The zero-order chi connectivity index (χ0) is 11.5. The van der Waals surface area contributed by atoms with E-state index in [-0.39, 0.29) is 5.91 Å². The molecule has 2 rings (SSSR count). The molecule has 1 amide bonds. The lowest BCUT2D eigenvalue weighted by Gasteiger charge is -2.14. The van der Waals surface area contributed by atoms with Gasteiger partial charge in [0.2, 0.25) is 11.8 Å². The first-order chi connectivity index (χ1) is 7.74. The minimum absolute atomic E-state index is 0.101. The summed E-state index contributed by atoms with van der Waals surface area (Å²) in [5.41, 5.74) is 0. The van der Waals surface area contributed by atoms with Gasteiger partial charge in [-0.15, -0.1) is 10.2 Å². The molecule has 1 aliphatic heterocycles. The van der Waals surface area contributed by atoms with Crippen molar-refractivity contribution < 1.29 is 9.53 Å². The van der Waals surface area contributed by atoms with Gasteiger partial charge in [-0.3, -0.25) is 9.69 Å². The highest BCUT2D eigenvalue weighted by molar-refractivity contribution is 9.09. The highest BCUT2D eigenvalue weighted by atomic mass is 79.9. The number of alkyl halides is 1. The highest BCUT2D eigenvalue weighted by Crippen LogP contribution is 2.24. The first kappa shape index (κ1) is 11.3. The van der Waals surface area contributed by atoms with Crippen LogP contribution in [0.15, 0.2) is 12.1 Å². The van der Waals surface area contributed by atoms with Crippen LogP contribution in [-0.2, 0) is 4.79 Å². The Morgan fingerprint density at radius 3 is 2.88 bits per heavy atom. The Morgan fingerprint density at radius 2 is 2.38 bits per heavy atom. The summed E-state index contributed by atoms with van der Waals surface area (Å²) in [5.74, 6) is 1.50. The Morgan fingerprint density at radius 1 is 1.56 bits per heavy atom. The molecule has 16 heavy (non-hydrogen) atoms. The van der Waals surface area contributed by atoms with Crippen molar-refractivity contribution in [2.75, 3.05) is 23.9 Å². The van der Waals surface area contributed by atoms with Crippen molar-refractivity contribution in [3.05, 3.63) is 12.1 Å². The summed E-state index contributed by atoms with van der Waals surface area (Å²) < 4.78 is 4.92. The number of anilines is 1. The number of amides is 1. The molecule has 0 bridgehead atoms. The molecule has 1 fully saturated rings. The summed E-state index contributed by atoms with van der Waals surface area (Å²) in [6.45, 7) is 0.699. The van der Waals surface area contributed by atoms with Crippen LogP contribution in [0, 0.1) is 5.92 Å². The largest absolute Gasteiger partial charge is 0.480 e. The summed E-state index contributed by atoms with van der Waals surface area (Å²) in [5, 5.41) is 8.65. The first-order valence-electron chi connectivity index (χ1n) is 4.98. The van der Waals surface area contributed by atoms with E-state index in [0.29, 0.717) is 30.6 Å². The lowest BCUT2D eigenvalue weighted by molar-refractivity contribution is -0.117. The van der Waals surface area contributed by atoms with Crippen LogP contribution in [0.3, 0.4) is 0 Å². The van der Waals surface area contributed by atoms with Gasteiger partial charge in [0.15, 0.2) is 5.82 Å². The van der Waals surface area contributed by atoms with E-state index in [1.165, 1.54) is 7.11 Å². The molecule has 2 heterocycles. The standard InChI is InChI=1S/C10H12BrN3O2/c1-16-9-3-2-8(12-13-9)14-6-7(5-11)4-10(14)15/h2-3,7H,4-6H2,1H3. The van der Waals surface area contributed by atoms with Crippen molar-refractivity contribution >= 4 is 27.7 Å². The van der Waals surface area contributed by atoms with E-state index in [1.54, 1.807) is 17.0 Å². The lowest BCUT2D eigenvalue weighted by Crippen LogP contribution is -2.25. The summed E-state index contributed by atoms with van der Waals surface area (Å²) in [7, 11) is 1.53. The van der Waals surface area contributed by atoms with Gasteiger partial charge in [-0.05, 0) is 12.0 Å². The van der Waals surface area contributed by atoms with E-state index >= 15 is 0 Å². The molecular weight excluding hydrogens is 274 g/mol. The summed E-state index contributed by atoms with van der Waals surface area (Å²) in [4.78, 5) is 13.4. The summed E-state index contributed by atoms with van der Waals surface area (Å²) in [6.07, 6.45) is 0.568. The maximum atomic E-state index is 11.7. The maximum absolute atomic E-state index is 11.7. The van der Waals surface area contributed by atoms with E-state index in [1.807, 2.05) is 0 Å². The molecule has 0 N–H and O–H groups in total. The third kappa shape index (κ3) is 2.16. The molecule has 1 atom stereocenters. The Labute approximate surface area is 102 Å². The van der Waals surface area contributed by atoms with Crippen LogP contribution in [0.5, 0.6) is 5.88 Å². The molecule has 0 spiro atoms. The van der Waals surface area contributed by atoms with Gasteiger partial charge >= 0.3 is 0 Å². The average Bonchev–Trinajstić information content (AvgIpc) is 2.71. The minimum atomic E-state index is 0.101. The number of methoxy groups -OCH3 is 1. The molecule has 1 aliphatic rings. The fourth-order valence-corrected chi connectivity index (χ4v) is 2.11. The highest BCUT2D eigenvalue weighted by Gasteiger charge is 2.30. The second kappa shape index (κ2) is 4.78. The van der Waals surface area contributed by atoms with Crippen LogP contribution < -0.4 is 9.64 Å². The Balaban J connectivity index is 2.15. The van der Waals surface area contributed by atoms with E-state index in [9.17, 15) is 4.79 Å². The van der Waals surface area contributed by atoms with E-state index < -0.39 is 0 Å². The average molecular weight is 286 g/mol. The number of aromatic nitrogens is 2. The zero-order valence-electron chi connectivity index (χ0n) is 8.89. The van der Waals surface area contributed by atoms with Crippen LogP contribution >= 0.6 is 15.9 Å². The number of nitrogens with zero attached hydrogens (tertiary/aromatic N) is 3. The van der Waals surface area contributed by atoms with Gasteiger partial charge in [0.05, 0.1) is 7.11 Å². The van der Waals surface area contributed by atoms with Crippen molar-refractivity contribution in [1.82, 2.24) is 10.2 Å². The predicted molar refractivity (Wildman–Crippen MR) is 62.8 cm³/mol. The number of carbonyl (C=O) groups is 1. The van der Waals surface area contributed by atoms with Crippen molar-refractivity contribution in [1.29, 1.82) is 0 Å². The molecular formula is C10H12BrN3O2. The fraction of sp³-hybridized carbons (Fsp3) is 0.500. The molecule has 1 unspecified atom stereocenters. The zero-order valence-corrected chi connectivity index (χ0v) is 10.5.